The Hall–Kier alpha value is -2.42. The van der Waals surface area contributed by atoms with Gasteiger partial charge in [0.1, 0.15) is 5.75 Å². The summed E-state index contributed by atoms with van der Waals surface area (Å²) in [5.41, 5.74) is 0.524. The van der Waals surface area contributed by atoms with Crippen molar-refractivity contribution < 1.29 is 22.8 Å². The lowest BCUT2D eigenvalue weighted by molar-refractivity contribution is -0.885. The van der Waals surface area contributed by atoms with Gasteiger partial charge in [0.15, 0.2) is 6.61 Å². The van der Waals surface area contributed by atoms with Crippen LogP contribution in [0.1, 0.15) is 12.8 Å². The van der Waals surface area contributed by atoms with Crippen LogP contribution in [-0.4, -0.2) is 58.5 Å². The fraction of sp³-hybridized carbons (Fsp3) is 0.381. The average Bonchev–Trinajstić information content (AvgIpc) is 2.73. The van der Waals surface area contributed by atoms with Crippen molar-refractivity contribution in [2.75, 3.05) is 39.1 Å². The highest BCUT2D eigenvalue weighted by Crippen LogP contribution is 2.21. The number of sulfonamides is 1. The van der Waals surface area contributed by atoms with Gasteiger partial charge in [-0.05, 0) is 36.4 Å². The first-order valence-corrected chi connectivity index (χ1v) is 11.2. The van der Waals surface area contributed by atoms with E-state index in [-0.39, 0.29) is 23.5 Å². The van der Waals surface area contributed by atoms with Crippen LogP contribution < -0.4 is 15.0 Å². The molecule has 0 aliphatic carbocycles. The van der Waals surface area contributed by atoms with E-state index < -0.39 is 10.0 Å². The number of quaternary nitrogens is 1. The molecule has 1 aliphatic heterocycles. The molecule has 0 unspecified atom stereocenters. The van der Waals surface area contributed by atoms with E-state index in [1.807, 2.05) is 18.2 Å². The Bertz CT molecular complexity index is 909. The summed E-state index contributed by atoms with van der Waals surface area (Å²) in [5.74, 6) is 0.304. The molecule has 0 spiro atoms. The van der Waals surface area contributed by atoms with E-state index in [1.54, 1.807) is 31.3 Å². The van der Waals surface area contributed by atoms with E-state index in [0.29, 0.717) is 11.4 Å². The third-order valence-corrected chi connectivity index (χ3v) is 7.18. The molecule has 1 saturated heterocycles. The van der Waals surface area contributed by atoms with Crippen LogP contribution in [0, 0.1) is 0 Å². The first-order chi connectivity index (χ1) is 13.9. The molecule has 2 aromatic rings. The molecule has 7 nitrogen and oxygen atoms in total. The number of carbonyl (C=O) groups excluding carboxylic acids is 1. The second-order valence-corrected chi connectivity index (χ2v) is 9.38. The Morgan fingerprint density at radius 3 is 2.34 bits per heavy atom. The van der Waals surface area contributed by atoms with Gasteiger partial charge in [0, 0.05) is 31.6 Å². The van der Waals surface area contributed by atoms with Gasteiger partial charge in [-0.25, -0.2) is 8.42 Å². The summed E-state index contributed by atoms with van der Waals surface area (Å²) in [6.45, 7) is 1.83. The normalized spacial score (nSPS) is 19.7. The number of ether oxygens (including phenoxy) is 1. The number of nitrogens with zero attached hydrogens (tertiary/aromatic N) is 1. The van der Waals surface area contributed by atoms with Crippen molar-refractivity contribution >= 4 is 21.6 Å². The number of likely N-dealkylation sites (tertiary alicyclic amines) is 1. The van der Waals surface area contributed by atoms with E-state index >= 15 is 0 Å². The van der Waals surface area contributed by atoms with Crippen molar-refractivity contribution in [3.05, 3.63) is 54.6 Å². The monoisotopic (exact) mass is 418 g/mol. The molecule has 1 aliphatic rings. The summed E-state index contributed by atoms with van der Waals surface area (Å²) in [4.78, 5) is 13.7. The smallest absolute Gasteiger partial charge is 0.262 e. The number of hydrogen-bond donors (Lipinski definition) is 2. The molecule has 8 heteroatoms. The lowest BCUT2D eigenvalue weighted by Crippen LogP contribution is -3.10. The molecule has 0 radical (unpaired) electrons. The van der Waals surface area contributed by atoms with Crippen LogP contribution in [0.2, 0.25) is 0 Å². The molecule has 29 heavy (non-hydrogen) atoms. The second-order valence-electron chi connectivity index (χ2n) is 7.38. The Morgan fingerprint density at radius 1 is 1.10 bits per heavy atom. The van der Waals surface area contributed by atoms with Crippen molar-refractivity contribution in [2.45, 2.75) is 23.8 Å². The maximum Gasteiger partial charge on any atom is 0.262 e. The summed E-state index contributed by atoms with van der Waals surface area (Å²) in [6, 6.07) is 15.3. The van der Waals surface area contributed by atoms with E-state index in [2.05, 4.69) is 12.4 Å². The number of para-hydroxylation sites is 1. The SMILES string of the molecule is CN(C1CC[NH+](C)CC1)S(=O)(=O)c1ccc(NC(=O)COc2ccccc2)cc1. The zero-order chi connectivity index (χ0) is 20.9. The van der Waals surface area contributed by atoms with Crippen LogP contribution in [0.25, 0.3) is 0 Å². The van der Waals surface area contributed by atoms with Gasteiger partial charge in [-0.15, -0.1) is 0 Å². The molecular weight excluding hydrogens is 390 g/mol. The molecule has 156 valence electrons. The van der Waals surface area contributed by atoms with Crippen LogP contribution in [0.3, 0.4) is 0 Å². The summed E-state index contributed by atoms with van der Waals surface area (Å²) in [6.07, 6.45) is 1.72. The second kappa shape index (κ2) is 9.39. The van der Waals surface area contributed by atoms with Crippen LogP contribution in [0.5, 0.6) is 5.75 Å². The van der Waals surface area contributed by atoms with E-state index in [4.69, 9.17) is 4.74 Å². The minimum absolute atomic E-state index is 0.0261. The standard InChI is InChI=1S/C21H27N3O4S/c1-23-14-12-18(13-15-23)24(2)29(26,27)20-10-8-17(9-11-20)22-21(25)16-28-19-6-4-3-5-7-19/h3-11,18H,12-16H2,1-2H3,(H,22,25)/p+1. The van der Waals surface area contributed by atoms with Crippen molar-refractivity contribution in [1.82, 2.24) is 4.31 Å². The number of hydrogen-bond acceptors (Lipinski definition) is 4. The lowest BCUT2D eigenvalue weighted by atomic mass is 10.1. The minimum Gasteiger partial charge on any atom is -0.484 e. The lowest BCUT2D eigenvalue weighted by Gasteiger charge is -2.32. The average molecular weight is 419 g/mol. The van der Waals surface area contributed by atoms with Crippen LogP contribution >= 0.6 is 0 Å². The first kappa shape index (κ1) is 21.3. The number of amides is 1. The summed E-state index contributed by atoms with van der Waals surface area (Å²) in [5, 5.41) is 2.71. The molecule has 1 amide bonds. The Balaban J connectivity index is 1.58. The number of piperidine rings is 1. The van der Waals surface area contributed by atoms with Crippen LogP contribution in [0.4, 0.5) is 5.69 Å². The van der Waals surface area contributed by atoms with Gasteiger partial charge in [-0.1, -0.05) is 18.2 Å². The number of benzene rings is 2. The van der Waals surface area contributed by atoms with Gasteiger partial charge in [-0.3, -0.25) is 4.79 Å². The van der Waals surface area contributed by atoms with Gasteiger partial charge in [0.05, 0.1) is 25.0 Å². The molecule has 0 aromatic heterocycles. The van der Waals surface area contributed by atoms with E-state index in [0.717, 1.165) is 25.9 Å². The molecule has 2 aromatic carbocycles. The predicted molar refractivity (Wildman–Crippen MR) is 112 cm³/mol. The fourth-order valence-electron chi connectivity index (χ4n) is 3.39. The number of rotatable bonds is 7. The van der Waals surface area contributed by atoms with Crippen molar-refractivity contribution in [3.8, 4) is 5.75 Å². The van der Waals surface area contributed by atoms with Crippen molar-refractivity contribution in [3.63, 3.8) is 0 Å². The van der Waals surface area contributed by atoms with Crippen molar-refractivity contribution in [1.29, 1.82) is 0 Å². The zero-order valence-electron chi connectivity index (χ0n) is 16.8. The topological polar surface area (TPSA) is 80.2 Å². The largest absolute Gasteiger partial charge is 0.484 e. The quantitative estimate of drug-likeness (QED) is 0.703. The Kier molecular flexibility index (Phi) is 6.89. The number of carbonyl (C=O) groups is 1. The van der Waals surface area contributed by atoms with Gasteiger partial charge in [-0.2, -0.15) is 4.31 Å². The molecule has 0 saturated carbocycles. The number of anilines is 1. The Labute approximate surface area is 172 Å². The maximum atomic E-state index is 12.9. The van der Waals surface area contributed by atoms with Crippen molar-refractivity contribution in [2.24, 2.45) is 0 Å². The molecule has 3 rings (SSSR count). The third-order valence-electron chi connectivity index (χ3n) is 5.25. The summed E-state index contributed by atoms with van der Waals surface area (Å²) < 4.78 is 32.7. The maximum absolute atomic E-state index is 12.9. The molecule has 0 bridgehead atoms. The predicted octanol–water partition coefficient (Wildman–Crippen LogP) is 1.00. The van der Waals surface area contributed by atoms with Gasteiger partial charge in [0.25, 0.3) is 5.91 Å². The highest BCUT2D eigenvalue weighted by Gasteiger charge is 2.31. The fourth-order valence-corrected chi connectivity index (χ4v) is 4.81. The molecule has 0 atom stereocenters. The van der Waals surface area contributed by atoms with Gasteiger partial charge < -0.3 is 15.0 Å². The highest BCUT2D eigenvalue weighted by atomic mass is 32.2. The van der Waals surface area contributed by atoms with E-state index in [9.17, 15) is 13.2 Å². The molecule has 2 N–H and O–H groups in total. The molecule has 1 heterocycles. The highest BCUT2D eigenvalue weighted by molar-refractivity contribution is 7.89. The number of nitrogens with one attached hydrogen (secondary N) is 2. The van der Waals surface area contributed by atoms with Crippen LogP contribution in [0.15, 0.2) is 59.5 Å². The third kappa shape index (κ3) is 5.56. The summed E-state index contributed by atoms with van der Waals surface area (Å²) in [7, 11) is 0.217. The Morgan fingerprint density at radius 2 is 1.72 bits per heavy atom. The van der Waals surface area contributed by atoms with Gasteiger partial charge in [0.2, 0.25) is 10.0 Å². The summed E-state index contributed by atoms with van der Waals surface area (Å²) >= 11 is 0. The molecule has 1 fully saturated rings. The van der Waals surface area contributed by atoms with Gasteiger partial charge >= 0.3 is 0 Å². The minimum atomic E-state index is -3.56. The van der Waals surface area contributed by atoms with E-state index in [1.165, 1.54) is 21.3 Å². The molecular formula is C21H28N3O4S+. The first-order valence-electron chi connectivity index (χ1n) is 9.73. The van der Waals surface area contributed by atoms with Crippen LogP contribution in [-0.2, 0) is 14.8 Å². The zero-order valence-corrected chi connectivity index (χ0v) is 17.6.